The lowest BCUT2D eigenvalue weighted by Crippen LogP contribution is -2.38. The molecule has 0 bridgehead atoms. The summed E-state index contributed by atoms with van der Waals surface area (Å²) in [7, 11) is 0. The smallest absolute Gasteiger partial charge is 0.233 e. The zero-order valence-corrected chi connectivity index (χ0v) is 13.0. The lowest BCUT2D eigenvalue weighted by atomic mass is 9.99. The van der Waals surface area contributed by atoms with E-state index < -0.39 is 0 Å². The molecule has 1 aliphatic rings. The van der Waals surface area contributed by atoms with Crippen molar-refractivity contribution in [3.05, 3.63) is 18.5 Å². The monoisotopic (exact) mass is 294 g/mol. The molecule has 20 heavy (non-hydrogen) atoms. The molecule has 0 aliphatic carbocycles. The van der Waals surface area contributed by atoms with Crippen molar-refractivity contribution in [2.24, 2.45) is 5.92 Å². The second kappa shape index (κ2) is 6.92. The molecule has 6 heteroatoms. The minimum atomic E-state index is 0.202. The first-order chi connectivity index (χ1) is 9.61. The van der Waals surface area contributed by atoms with Crippen LogP contribution in [0, 0.1) is 12.8 Å². The van der Waals surface area contributed by atoms with Crippen molar-refractivity contribution in [2.75, 3.05) is 18.8 Å². The molecule has 0 unspecified atom stereocenters. The first kappa shape index (κ1) is 15.1. The van der Waals surface area contributed by atoms with Crippen LogP contribution in [0.2, 0.25) is 0 Å². The van der Waals surface area contributed by atoms with E-state index in [-0.39, 0.29) is 5.91 Å². The molecule has 0 atom stereocenters. The van der Waals surface area contributed by atoms with Gasteiger partial charge in [-0.3, -0.25) is 4.79 Å². The van der Waals surface area contributed by atoms with E-state index in [0.717, 1.165) is 42.8 Å². The Morgan fingerprint density at radius 2 is 2.15 bits per heavy atom. The summed E-state index contributed by atoms with van der Waals surface area (Å²) < 4.78 is 1.98. The van der Waals surface area contributed by atoms with Gasteiger partial charge in [0.25, 0.3) is 0 Å². The van der Waals surface area contributed by atoms with Crippen LogP contribution in [0.1, 0.15) is 25.6 Å². The van der Waals surface area contributed by atoms with Crippen molar-refractivity contribution in [3.8, 4) is 0 Å². The van der Waals surface area contributed by atoms with Crippen LogP contribution in [0.3, 0.4) is 0 Å². The Morgan fingerprint density at radius 1 is 1.45 bits per heavy atom. The predicted octanol–water partition coefficient (Wildman–Crippen LogP) is 2.12. The fourth-order valence-corrected chi connectivity index (χ4v) is 3.18. The average molecular weight is 294 g/mol. The van der Waals surface area contributed by atoms with Crippen molar-refractivity contribution in [1.29, 1.82) is 0 Å². The van der Waals surface area contributed by atoms with Gasteiger partial charge in [0.1, 0.15) is 5.82 Å². The maximum atomic E-state index is 12.2. The zero-order chi connectivity index (χ0) is 14.5. The number of aromatic nitrogens is 3. The van der Waals surface area contributed by atoms with E-state index in [1.165, 1.54) is 11.8 Å². The van der Waals surface area contributed by atoms with Gasteiger partial charge in [-0.05, 0) is 25.7 Å². The minimum Gasteiger partial charge on any atom is -0.342 e. The molecule has 1 aromatic heterocycles. The average Bonchev–Trinajstić information content (AvgIpc) is 2.79. The van der Waals surface area contributed by atoms with E-state index in [4.69, 9.17) is 0 Å². The molecule has 0 N–H and O–H groups in total. The molecule has 0 aromatic carbocycles. The number of allylic oxidation sites excluding steroid dienone is 1. The molecular weight excluding hydrogens is 272 g/mol. The van der Waals surface area contributed by atoms with Crippen molar-refractivity contribution < 1.29 is 4.79 Å². The first-order valence-corrected chi connectivity index (χ1v) is 8.01. The van der Waals surface area contributed by atoms with Crippen LogP contribution in [-0.4, -0.2) is 44.4 Å². The Kier molecular flexibility index (Phi) is 5.23. The summed E-state index contributed by atoms with van der Waals surface area (Å²) in [6, 6.07) is 0. The summed E-state index contributed by atoms with van der Waals surface area (Å²) >= 11 is 1.46. The van der Waals surface area contributed by atoms with Gasteiger partial charge in [0.2, 0.25) is 5.91 Å². The van der Waals surface area contributed by atoms with Crippen molar-refractivity contribution in [1.82, 2.24) is 19.7 Å². The van der Waals surface area contributed by atoms with E-state index in [1.807, 2.05) is 22.5 Å². The van der Waals surface area contributed by atoms with Gasteiger partial charge in [-0.1, -0.05) is 24.8 Å². The number of aryl methyl sites for hydroxylation is 1. The Hall–Kier alpha value is -1.30. The molecule has 0 radical (unpaired) electrons. The van der Waals surface area contributed by atoms with E-state index in [9.17, 15) is 4.79 Å². The quantitative estimate of drug-likeness (QED) is 0.616. The zero-order valence-electron chi connectivity index (χ0n) is 12.2. The fourth-order valence-electron chi connectivity index (χ4n) is 2.28. The summed E-state index contributed by atoms with van der Waals surface area (Å²) in [5.41, 5.74) is 0. The van der Waals surface area contributed by atoms with Crippen LogP contribution in [0.5, 0.6) is 0 Å². The SMILES string of the molecule is C=CCn1c(C)nnc1SCC(=O)N1CCC(C)CC1. The van der Waals surface area contributed by atoms with E-state index in [1.54, 1.807) is 0 Å². The van der Waals surface area contributed by atoms with Crippen LogP contribution in [-0.2, 0) is 11.3 Å². The summed E-state index contributed by atoms with van der Waals surface area (Å²) in [5, 5.41) is 8.97. The van der Waals surface area contributed by atoms with Crippen LogP contribution in [0.25, 0.3) is 0 Å². The van der Waals surface area contributed by atoms with Gasteiger partial charge >= 0.3 is 0 Å². The fraction of sp³-hybridized carbons (Fsp3) is 0.643. The second-order valence-corrected chi connectivity index (χ2v) is 6.22. The first-order valence-electron chi connectivity index (χ1n) is 7.03. The Bertz CT molecular complexity index is 478. The highest BCUT2D eigenvalue weighted by Crippen LogP contribution is 2.20. The van der Waals surface area contributed by atoms with Gasteiger partial charge in [0, 0.05) is 19.6 Å². The molecule has 0 spiro atoms. The molecule has 2 heterocycles. The highest BCUT2D eigenvalue weighted by atomic mass is 32.2. The van der Waals surface area contributed by atoms with Gasteiger partial charge < -0.3 is 9.47 Å². The molecular formula is C14H22N4OS. The summed E-state index contributed by atoms with van der Waals surface area (Å²) in [6.07, 6.45) is 4.04. The molecule has 1 aromatic rings. The minimum absolute atomic E-state index is 0.202. The number of thioether (sulfide) groups is 1. The largest absolute Gasteiger partial charge is 0.342 e. The molecule has 1 fully saturated rings. The van der Waals surface area contributed by atoms with Gasteiger partial charge in [-0.25, -0.2) is 0 Å². The summed E-state index contributed by atoms with van der Waals surface area (Å²) in [4.78, 5) is 14.1. The number of likely N-dealkylation sites (tertiary alicyclic amines) is 1. The Balaban J connectivity index is 1.88. The Morgan fingerprint density at radius 3 is 2.80 bits per heavy atom. The number of carbonyl (C=O) groups is 1. The van der Waals surface area contributed by atoms with Crippen molar-refractivity contribution in [2.45, 2.75) is 38.4 Å². The maximum absolute atomic E-state index is 12.2. The van der Waals surface area contributed by atoms with Crippen LogP contribution >= 0.6 is 11.8 Å². The predicted molar refractivity (Wildman–Crippen MR) is 80.7 cm³/mol. The molecule has 2 rings (SSSR count). The molecule has 110 valence electrons. The number of carbonyl (C=O) groups excluding carboxylic acids is 1. The van der Waals surface area contributed by atoms with Crippen molar-refractivity contribution >= 4 is 17.7 Å². The number of hydrogen-bond donors (Lipinski definition) is 0. The third-order valence-corrected chi connectivity index (χ3v) is 4.63. The van der Waals surface area contributed by atoms with E-state index >= 15 is 0 Å². The normalized spacial score (nSPS) is 16.4. The third-order valence-electron chi connectivity index (χ3n) is 3.67. The molecule has 5 nitrogen and oxygen atoms in total. The highest BCUT2D eigenvalue weighted by Gasteiger charge is 2.21. The number of amides is 1. The van der Waals surface area contributed by atoms with Gasteiger partial charge in [-0.15, -0.1) is 16.8 Å². The lowest BCUT2D eigenvalue weighted by molar-refractivity contribution is -0.129. The number of rotatable bonds is 5. The molecule has 1 saturated heterocycles. The Labute approximate surface area is 124 Å². The number of nitrogens with zero attached hydrogens (tertiary/aromatic N) is 4. The van der Waals surface area contributed by atoms with Crippen LogP contribution in [0.4, 0.5) is 0 Å². The van der Waals surface area contributed by atoms with Crippen molar-refractivity contribution in [3.63, 3.8) is 0 Å². The molecule has 1 amide bonds. The third kappa shape index (κ3) is 3.62. The standard InChI is InChI=1S/C14H22N4OS/c1-4-7-18-12(3)15-16-14(18)20-10-13(19)17-8-5-11(2)6-9-17/h4,11H,1,5-10H2,2-3H3. The maximum Gasteiger partial charge on any atom is 0.233 e. The van der Waals surface area contributed by atoms with Gasteiger partial charge in [0.15, 0.2) is 5.16 Å². The van der Waals surface area contributed by atoms with Crippen LogP contribution in [0.15, 0.2) is 17.8 Å². The number of piperidine rings is 1. The summed E-state index contributed by atoms with van der Waals surface area (Å²) in [5.74, 6) is 2.23. The summed E-state index contributed by atoms with van der Waals surface area (Å²) in [6.45, 7) is 10.3. The second-order valence-electron chi connectivity index (χ2n) is 5.28. The lowest BCUT2D eigenvalue weighted by Gasteiger charge is -2.30. The van der Waals surface area contributed by atoms with E-state index in [2.05, 4.69) is 23.7 Å². The van der Waals surface area contributed by atoms with Gasteiger partial charge in [-0.2, -0.15) is 0 Å². The molecule has 0 saturated carbocycles. The van der Waals surface area contributed by atoms with Gasteiger partial charge in [0.05, 0.1) is 5.75 Å². The highest BCUT2D eigenvalue weighted by molar-refractivity contribution is 7.99. The number of hydrogen-bond acceptors (Lipinski definition) is 4. The van der Waals surface area contributed by atoms with Crippen LogP contribution < -0.4 is 0 Å². The topological polar surface area (TPSA) is 51.0 Å². The molecule has 1 aliphatic heterocycles. The van der Waals surface area contributed by atoms with E-state index in [0.29, 0.717) is 12.3 Å².